The Hall–Kier alpha value is -1.80. The summed E-state index contributed by atoms with van der Waals surface area (Å²) in [5.41, 5.74) is 1.97. The van der Waals surface area contributed by atoms with Gasteiger partial charge in [0, 0.05) is 0 Å². The number of nitrogens with one attached hydrogen (secondary N) is 2. The number of benzene rings is 2. The molecule has 140 valence electrons. The van der Waals surface area contributed by atoms with Crippen molar-refractivity contribution in [3.05, 3.63) is 65.5 Å². The van der Waals surface area contributed by atoms with E-state index in [1.54, 1.807) is 0 Å². The summed E-state index contributed by atoms with van der Waals surface area (Å²) in [6.07, 6.45) is 0. The number of aryl methyl sites for hydroxylation is 1. The zero-order valence-electron chi connectivity index (χ0n) is 14.7. The second-order valence-electron chi connectivity index (χ2n) is 6.58. The summed E-state index contributed by atoms with van der Waals surface area (Å²) in [6, 6.07) is 12.7. The summed E-state index contributed by atoms with van der Waals surface area (Å²) < 4.78 is 47.6. The van der Waals surface area contributed by atoms with Gasteiger partial charge in [-0.25, -0.2) is 12.8 Å². The van der Waals surface area contributed by atoms with Crippen molar-refractivity contribution in [3.63, 3.8) is 0 Å². The Balaban J connectivity index is 1.87. The molecule has 0 aromatic heterocycles. The van der Waals surface area contributed by atoms with Crippen LogP contribution in [-0.2, 0) is 14.8 Å². The normalized spacial score (nSPS) is 17.2. The van der Waals surface area contributed by atoms with Crippen molar-refractivity contribution in [2.24, 2.45) is 0 Å². The molecule has 1 atom stereocenters. The fraction of sp³-hybridized carbons (Fsp3) is 0.368. The first-order valence-electron chi connectivity index (χ1n) is 8.70. The molecule has 7 heteroatoms. The lowest BCUT2D eigenvalue weighted by molar-refractivity contribution is -0.909. The number of sulfonamides is 1. The zero-order valence-corrected chi connectivity index (χ0v) is 15.6. The average Bonchev–Trinajstić information content (AvgIpc) is 2.63. The maximum Gasteiger partial charge on any atom is 0.244 e. The highest BCUT2D eigenvalue weighted by Gasteiger charge is 2.28. The zero-order chi connectivity index (χ0) is 18.6. The number of hydrogen-bond acceptors (Lipinski definition) is 3. The first-order chi connectivity index (χ1) is 12.5. The van der Waals surface area contributed by atoms with E-state index in [4.69, 9.17) is 4.74 Å². The molecular formula is C19H24FN2O3S+. The molecule has 1 aliphatic rings. The van der Waals surface area contributed by atoms with Gasteiger partial charge < -0.3 is 9.64 Å². The van der Waals surface area contributed by atoms with Gasteiger partial charge in [0.1, 0.15) is 23.8 Å². The third-order valence-electron chi connectivity index (χ3n) is 4.60. The molecule has 0 bridgehead atoms. The molecule has 3 rings (SSSR count). The molecule has 1 fully saturated rings. The van der Waals surface area contributed by atoms with Crippen LogP contribution < -0.4 is 9.62 Å². The Morgan fingerprint density at radius 2 is 1.77 bits per heavy atom. The van der Waals surface area contributed by atoms with Gasteiger partial charge in [-0.1, -0.05) is 42.0 Å². The van der Waals surface area contributed by atoms with E-state index in [-0.39, 0.29) is 4.90 Å². The van der Waals surface area contributed by atoms with Gasteiger partial charge in [-0.05, 0) is 24.6 Å². The Morgan fingerprint density at radius 1 is 1.12 bits per heavy atom. The number of quaternary nitrogens is 1. The van der Waals surface area contributed by atoms with Crippen molar-refractivity contribution in [1.82, 2.24) is 4.72 Å². The number of hydrogen-bond donors (Lipinski definition) is 2. The third-order valence-corrected chi connectivity index (χ3v) is 6.10. The Bertz CT molecular complexity index is 834. The first kappa shape index (κ1) is 19.0. The van der Waals surface area contributed by atoms with Crippen LogP contribution in [0.3, 0.4) is 0 Å². The Morgan fingerprint density at radius 3 is 2.42 bits per heavy atom. The topological polar surface area (TPSA) is 59.8 Å². The lowest BCUT2D eigenvalue weighted by Crippen LogP contribution is -3.14. The van der Waals surface area contributed by atoms with Crippen LogP contribution in [0.5, 0.6) is 0 Å². The third kappa shape index (κ3) is 4.67. The van der Waals surface area contributed by atoms with E-state index in [1.165, 1.54) is 23.1 Å². The van der Waals surface area contributed by atoms with Crippen LogP contribution in [0.2, 0.25) is 0 Å². The van der Waals surface area contributed by atoms with Crippen molar-refractivity contribution >= 4 is 10.0 Å². The molecule has 1 saturated heterocycles. The predicted octanol–water partition coefficient (Wildman–Crippen LogP) is 1.07. The minimum Gasteiger partial charge on any atom is -0.370 e. The van der Waals surface area contributed by atoms with Gasteiger partial charge in [-0.3, -0.25) is 0 Å². The van der Waals surface area contributed by atoms with E-state index in [0.29, 0.717) is 19.8 Å². The van der Waals surface area contributed by atoms with E-state index in [1.807, 2.05) is 31.2 Å². The number of rotatable bonds is 6. The molecule has 2 aromatic rings. The maximum absolute atomic E-state index is 14.0. The molecule has 0 spiro atoms. The van der Waals surface area contributed by atoms with E-state index in [0.717, 1.165) is 30.3 Å². The van der Waals surface area contributed by atoms with Gasteiger partial charge in [0.15, 0.2) is 0 Å². The fourth-order valence-corrected chi connectivity index (χ4v) is 4.40. The summed E-state index contributed by atoms with van der Waals surface area (Å²) in [4.78, 5) is 0.937. The van der Waals surface area contributed by atoms with Crippen LogP contribution in [0.1, 0.15) is 17.2 Å². The van der Waals surface area contributed by atoms with Crippen molar-refractivity contribution in [3.8, 4) is 0 Å². The standard InChI is InChI=1S/C19H23FN2O3S/c1-15-6-8-16(9-7-15)18(14-22-10-12-25-13-11-22)21-26(23,24)19-5-3-2-4-17(19)20/h2-9,18,21H,10-14H2,1H3/p+1/t18-/m0/s1. The first-order valence-corrected chi connectivity index (χ1v) is 10.2. The van der Waals surface area contributed by atoms with Crippen molar-refractivity contribution < 1.29 is 22.4 Å². The molecule has 1 heterocycles. The van der Waals surface area contributed by atoms with Crippen LogP contribution >= 0.6 is 0 Å². The second-order valence-corrected chi connectivity index (χ2v) is 8.26. The molecule has 0 amide bonds. The van der Waals surface area contributed by atoms with Gasteiger partial charge in [0.05, 0.1) is 25.8 Å². The van der Waals surface area contributed by atoms with Crippen LogP contribution in [0.15, 0.2) is 53.4 Å². The van der Waals surface area contributed by atoms with E-state index in [2.05, 4.69) is 4.72 Å². The smallest absolute Gasteiger partial charge is 0.244 e. The molecule has 5 nitrogen and oxygen atoms in total. The number of halogens is 1. The van der Waals surface area contributed by atoms with E-state index < -0.39 is 21.9 Å². The highest BCUT2D eigenvalue weighted by Crippen LogP contribution is 2.19. The van der Waals surface area contributed by atoms with Crippen LogP contribution in [0, 0.1) is 12.7 Å². The molecule has 0 saturated carbocycles. The van der Waals surface area contributed by atoms with Crippen molar-refractivity contribution in [1.29, 1.82) is 0 Å². The highest BCUT2D eigenvalue weighted by molar-refractivity contribution is 7.89. The lowest BCUT2D eigenvalue weighted by atomic mass is 10.1. The summed E-state index contributed by atoms with van der Waals surface area (Å²) in [6.45, 7) is 5.54. The van der Waals surface area contributed by atoms with Crippen molar-refractivity contribution in [2.45, 2.75) is 17.9 Å². The minimum atomic E-state index is -3.97. The highest BCUT2D eigenvalue weighted by atomic mass is 32.2. The van der Waals surface area contributed by atoms with Crippen molar-refractivity contribution in [2.75, 3.05) is 32.8 Å². The fourth-order valence-electron chi connectivity index (χ4n) is 3.09. The Kier molecular flexibility index (Phi) is 6.03. The summed E-state index contributed by atoms with van der Waals surface area (Å²) in [5.74, 6) is -0.749. The predicted molar refractivity (Wildman–Crippen MR) is 97.0 cm³/mol. The molecule has 2 aromatic carbocycles. The monoisotopic (exact) mass is 379 g/mol. The lowest BCUT2D eigenvalue weighted by Gasteiger charge is -2.28. The van der Waals surface area contributed by atoms with Gasteiger partial charge >= 0.3 is 0 Å². The van der Waals surface area contributed by atoms with Crippen LogP contribution in [-0.4, -0.2) is 41.3 Å². The van der Waals surface area contributed by atoms with Gasteiger partial charge in [-0.15, -0.1) is 0 Å². The van der Waals surface area contributed by atoms with Gasteiger partial charge in [-0.2, -0.15) is 4.72 Å². The molecular weight excluding hydrogens is 355 g/mol. The average molecular weight is 379 g/mol. The quantitative estimate of drug-likeness (QED) is 0.789. The number of morpholine rings is 1. The summed E-state index contributed by atoms with van der Waals surface area (Å²) >= 11 is 0. The SMILES string of the molecule is Cc1ccc([C@H](C[NH+]2CCOCC2)NS(=O)(=O)c2ccccc2F)cc1. The van der Waals surface area contributed by atoms with Crippen LogP contribution in [0.4, 0.5) is 4.39 Å². The van der Waals surface area contributed by atoms with Gasteiger partial charge in [0.25, 0.3) is 0 Å². The van der Waals surface area contributed by atoms with Crippen LogP contribution in [0.25, 0.3) is 0 Å². The molecule has 0 unspecified atom stereocenters. The Labute approximate surface area is 153 Å². The molecule has 2 N–H and O–H groups in total. The largest absolute Gasteiger partial charge is 0.370 e. The molecule has 1 aliphatic heterocycles. The van der Waals surface area contributed by atoms with Gasteiger partial charge in [0.2, 0.25) is 10.0 Å². The maximum atomic E-state index is 14.0. The second kappa shape index (κ2) is 8.26. The summed E-state index contributed by atoms with van der Waals surface area (Å²) in [7, 11) is -3.97. The number of ether oxygens (including phenoxy) is 1. The summed E-state index contributed by atoms with van der Waals surface area (Å²) in [5, 5.41) is 0. The molecule has 0 radical (unpaired) electrons. The molecule has 0 aliphatic carbocycles. The van der Waals surface area contributed by atoms with E-state index in [9.17, 15) is 12.8 Å². The molecule has 26 heavy (non-hydrogen) atoms. The van der Waals surface area contributed by atoms with E-state index >= 15 is 0 Å². The minimum absolute atomic E-state index is 0.325.